The number of rotatable bonds is 8. The van der Waals surface area contributed by atoms with Gasteiger partial charge in [-0.15, -0.1) is 24.0 Å². The van der Waals surface area contributed by atoms with Gasteiger partial charge in [0.25, 0.3) is 0 Å². The summed E-state index contributed by atoms with van der Waals surface area (Å²) in [7, 11) is 1.85. The highest BCUT2D eigenvalue weighted by Crippen LogP contribution is 2.16. The van der Waals surface area contributed by atoms with E-state index >= 15 is 0 Å². The Morgan fingerprint density at radius 1 is 1.21 bits per heavy atom. The van der Waals surface area contributed by atoms with Crippen molar-refractivity contribution < 1.29 is 4.79 Å². The Labute approximate surface area is 217 Å². The number of aromatic nitrogens is 4. The number of carbonyl (C=O) groups is 1. The van der Waals surface area contributed by atoms with Crippen molar-refractivity contribution in [3.63, 3.8) is 0 Å². The molecule has 0 spiro atoms. The zero-order valence-corrected chi connectivity index (χ0v) is 22.1. The van der Waals surface area contributed by atoms with Crippen molar-refractivity contribution in [3.8, 4) is 0 Å². The number of hydrogen-bond donors (Lipinski definition) is 1. The van der Waals surface area contributed by atoms with Crippen LogP contribution in [0.15, 0.2) is 60.1 Å². The second-order valence-electron chi connectivity index (χ2n) is 8.14. The molecule has 0 atom stereocenters. The van der Waals surface area contributed by atoms with E-state index in [-0.39, 0.29) is 36.4 Å². The molecule has 0 saturated carbocycles. The molecule has 182 valence electrons. The van der Waals surface area contributed by atoms with Gasteiger partial charge >= 0.3 is 0 Å². The lowest BCUT2D eigenvalue weighted by molar-refractivity contribution is -0.120. The van der Waals surface area contributed by atoms with Crippen LogP contribution in [0.4, 0.5) is 5.69 Å². The number of piperazine rings is 1. The highest BCUT2D eigenvalue weighted by molar-refractivity contribution is 14.0. The van der Waals surface area contributed by atoms with E-state index < -0.39 is 0 Å². The SMILES string of the molecule is CCNC(=NCc1nccn1CCCc1ccccc1)N1CCN(c2cnn(C)c2)C(=O)C1.I. The third-order valence-electron chi connectivity index (χ3n) is 5.74. The van der Waals surface area contributed by atoms with Gasteiger partial charge in [0.15, 0.2) is 5.96 Å². The summed E-state index contributed by atoms with van der Waals surface area (Å²) in [6, 6.07) is 10.5. The fourth-order valence-electron chi connectivity index (χ4n) is 4.04. The molecule has 1 amide bonds. The van der Waals surface area contributed by atoms with Gasteiger partial charge < -0.3 is 19.7 Å². The van der Waals surface area contributed by atoms with Crippen LogP contribution in [0.5, 0.6) is 0 Å². The summed E-state index contributed by atoms with van der Waals surface area (Å²) in [6.45, 7) is 5.73. The number of nitrogens with one attached hydrogen (secondary N) is 1. The molecule has 0 aliphatic carbocycles. The van der Waals surface area contributed by atoms with E-state index in [1.807, 2.05) is 43.5 Å². The van der Waals surface area contributed by atoms with Gasteiger partial charge in [-0.05, 0) is 25.3 Å². The smallest absolute Gasteiger partial charge is 0.246 e. The number of amides is 1. The van der Waals surface area contributed by atoms with Gasteiger partial charge in [-0.2, -0.15) is 5.10 Å². The molecule has 1 N–H and O–H groups in total. The highest BCUT2D eigenvalue weighted by atomic mass is 127. The van der Waals surface area contributed by atoms with Crippen molar-refractivity contribution in [2.75, 3.05) is 31.1 Å². The molecule has 0 unspecified atom stereocenters. The van der Waals surface area contributed by atoms with Crippen LogP contribution in [0, 0.1) is 0 Å². The molecule has 2 aromatic heterocycles. The number of guanidine groups is 1. The van der Waals surface area contributed by atoms with Crippen LogP contribution in [0.1, 0.15) is 24.7 Å². The summed E-state index contributed by atoms with van der Waals surface area (Å²) in [6.07, 6.45) is 9.51. The molecular weight excluding hydrogens is 543 g/mol. The number of aliphatic imine (C=N–C) groups is 1. The van der Waals surface area contributed by atoms with Gasteiger partial charge in [-0.3, -0.25) is 9.48 Å². The molecule has 1 saturated heterocycles. The maximum absolute atomic E-state index is 12.8. The van der Waals surface area contributed by atoms with Gasteiger partial charge in [-0.1, -0.05) is 30.3 Å². The van der Waals surface area contributed by atoms with E-state index in [9.17, 15) is 4.79 Å². The van der Waals surface area contributed by atoms with E-state index in [2.05, 4.69) is 44.2 Å². The number of carbonyl (C=O) groups excluding carboxylic acids is 1. The molecule has 1 aliphatic heterocycles. The van der Waals surface area contributed by atoms with Crippen LogP contribution < -0.4 is 10.2 Å². The van der Waals surface area contributed by atoms with Gasteiger partial charge in [-0.25, -0.2) is 9.98 Å². The molecule has 0 radical (unpaired) electrons. The Kier molecular flexibility index (Phi) is 9.49. The fourth-order valence-corrected chi connectivity index (χ4v) is 4.04. The molecule has 3 aromatic rings. The normalized spacial score (nSPS) is 14.3. The van der Waals surface area contributed by atoms with Crippen molar-refractivity contribution >= 4 is 41.5 Å². The number of benzene rings is 1. The molecule has 3 heterocycles. The molecule has 34 heavy (non-hydrogen) atoms. The summed E-state index contributed by atoms with van der Waals surface area (Å²) in [5.74, 6) is 1.72. The molecule has 1 aliphatic rings. The molecule has 1 aromatic carbocycles. The Morgan fingerprint density at radius 3 is 2.74 bits per heavy atom. The Morgan fingerprint density at radius 2 is 2.03 bits per heavy atom. The molecule has 1 fully saturated rings. The second kappa shape index (κ2) is 12.5. The first-order valence-electron chi connectivity index (χ1n) is 11.5. The minimum Gasteiger partial charge on any atom is -0.356 e. The van der Waals surface area contributed by atoms with E-state index in [0.29, 0.717) is 19.6 Å². The summed E-state index contributed by atoms with van der Waals surface area (Å²) in [5, 5.41) is 7.51. The van der Waals surface area contributed by atoms with Gasteiger partial charge in [0.1, 0.15) is 18.9 Å². The zero-order chi connectivity index (χ0) is 23.0. The lowest BCUT2D eigenvalue weighted by Crippen LogP contribution is -2.55. The molecule has 4 rings (SSSR count). The Balaban J connectivity index is 0.00000324. The van der Waals surface area contributed by atoms with Crippen molar-refractivity contribution in [1.29, 1.82) is 0 Å². The first-order valence-corrected chi connectivity index (χ1v) is 11.5. The predicted octanol–water partition coefficient (Wildman–Crippen LogP) is 2.68. The Bertz CT molecular complexity index is 1080. The summed E-state index contributed by atoms with van der Waals surface area (Å²) in [4.78, 5) is 25.9. The topological polar surface area (TPSA) is 83.6 Å². The lowest BCUT2D eigenvalue weighted by Gasteiger charge is -2.35. The number of aryl methyl sites for hydroxylation is 3. The van der Waals surface area contributed by atoms with Gasteiger partial charge in [0.05, 0.1) is 11.9 Å². The second-order valence-corrected chi connectivity index (χ2v) is 8.14. The third-order valence-corrected chi connectivity index (χ3v) is 5.74. The first kappa shape index (κ1) is 25.7. The minimum atomic E-state index is 0. The summed E-state index contributed by atoms with van der Waals surface area (Å²) >= 11 is 0. The molecule has 9 nitrogen and oxygen atoms in total. The van der Waals surface area contributed by atoms with Gasteiger partial charge in [0.2, 0.25) is 5.91 Å². The van der Waals surface area contributed by atoms with Crippen LogP contribution >= 0.6 is 24.0 Å². The first-order chi connectivity index (χ1) is 16.1. The van der Waals surface area contributed by atoms with Gasteiger partial charge in [0, 0.05) is 51.8 Å². The van der Waals surface area contributed by atoms with Crippen LogP contribution in [0.2, 0.25) is 0 Å². The molecule has 10 heteroatoms. The van der Waals surface area contributed by atoms with Crippen LogP contribution in [-0.2, 0) is 31.4 Å². The average Bonchev–Trinajstić information content (AvgIpc) is 3.46. The van der Waals surface area contributed by atoms with Crippen LogP contribution in [-0.4, -0.2) is 62.3 Å². The molecular formula is C24H33IN8O. The monoisotopic (exact) mass is 576 g/mol. The van der Waals surface area contributed by atoms with Crippen molar-refractivity contribution in [2.45, 2.75) is 32.9 Å². The van der Waals surface area contributed by atoms with E-state index in [1.54, 1.807) is 15.8 Å². The van der Waals surface area contributed by atoms with Crippen LogP contribution in [0.25, 0.3) is 0 Å². The largest absolute Gasteiger partial charge is 0.356 e. The van der Waals surface area contributed by atoms with Crippen molar-refractivity contribution in [1.82, 2.24) is 29.5 Å². The average molecular weight is 576 g/mol. The predicted molar refractivity (Wildman–Crippen MR) is 144 cm³/mol. The quantitative estimate of drug-likeness (QED) is 0.254. The third kappa shape index (κ3) is 6.58. The number of halogens is 1. The van der Waals surface area contributed by atoms with E-state index in [4.69, 9.17) is 4.99 Å². The molecule has 0 bridgehead atoms. The number of anilines is 1. The maximum Gasteiger partial charge on any atom is 0.246 e. The number of nitrogens with zero attached hydrogens (tertiary/aromatic N) is 7. The van der Waals surface area contributed by atoms with Crippen molar-refractivity contribution in [3.05, 3.63) is 66.5 Å². The van der Waals surface area contributed by atoms with Crippen molar-refractivity contribution in [2.24, 2.45) is 12.0 Å². The maximum atomic E-state index is 12.8. The fraction of sp³-hybridized carbons (Fsp3) is 0.417. The standard InChI is InChI=1S/C24H32N8O.HI/c1-3-25-24(31-14-15-32(23(33)19-31)21-16-28-29(2)18-21)27-17-22-26-11-13-30(22)12-7-10-20-8-5-4-6-9-20;/h4-6,8-9,11,13,16,18H,3,7,10,12,14-15,17,19H2,1-2H3,(H,25,27);1H. The number of imidazole rings is 1. The van der Waals surface area contributed by atoms with E-state index in [0.717, 1.165) is 43.4 Å². The Hall–Kier alpha value is -2.89. The number of hydrogen-bond acceptors (Lipinski definition) is 4. The minimum absolute atomic E-state index is 0. The lowest BCUT2D eigenvalue weighted by atomic mass is 10.1. The summed E-state index contributed by atoms with van der Waals surface area (Å²) < 4.78 is 3.88. The zero-order valence-electron chi connectivity index (χ0n) is 19.8. The highest BCUT2D eigenvalue weighted by Gasteiger charge is 2.27. The van der Waals surface area contributed by atoms with E-state index in [1.165, 1.54) is 5.56 Å². The summed E-state index contributed by atoms with van der Waals surface area (Å²) in [5.41, 5.74) is 2.18. The van der Waals surface area contributed by atoms with Crippen LogP contribution in [0.3, 0.4) is 0 Å².